The van der Waals surface area contributed by atoms with Gasteiger partial charge in [-0.2, -0.15) is 0 Å². The Morgan fingerprint density at radius 2 is 0.824 bits per heavy atom. The highest BCUT2D eigenvalue weighted by molar-refractivity contribution is 5.40. The fourth-order valence-electron chi connectivity index (χ4n) is 8.89. The summed E-state index contributed by atoms with van der Waals surface area (Å²) in [7, 11) is 1.62. The first-order valence-electron chi connectivity index (χ1n) is 38.8. The number of alkyl halides is 1. The van der Waals surface area contributed by atoms with Crippen LogP contribution in [-0.2, 0) is 0 Å². The fourth-order valence-corrected chi connectivity index (χ4v) is 8.89. The van der Waals surface area contributed by atoms with Crippen LogP contribution in [-0.4, -0.2) is 96.9 Å². The highest BCUT2D eigenvalue weighted by Gasteiger charge is 2.14. The standard InChI is InChI=1S/C12H20N2O.2C12H20N2.C11H15F.C11H18N2O.2C11H18N2.C9H13NO.2CH4/c1-9(2)10-6-13-7-11(14-10)15-8-12(3,4)5;1-9(2)7-13-12-6-5-11(8-14-12)10(3)4;1-5-14(6-2)12-8-7-11(9-13-12)10(3)4;1-8(2)10-5-4-6-11(7-10)9(3)12;1-8(2)7-14-11-6-12-5-10(13-11)9(3)4;1-8(2)10-5-6-11(12-7-10)13-9(3)4;1-8(2)10-6-5-7-11(13-10)12-9(3)4;1-7(2)8-4-5-9(11-3)10-6-8;;/h6-7,9H,8H2,1-5H3;5-6,8-10H,7H2,1-4H3,(H,13,14);7-10H,5-6H2,1-4H3;4-9H,1-3H3;5-6,8-9H,7H2,1-4H3;2*5-9H,1-4H3,(H,12,13);4-7H,1-3H3;2*1H4. The fraction of sp³-hybridized carbons (Fsp3) is 0.571. The first kappa shape index (κ1) is 102. The van der Waals surface area contributed by atoms with Crippen LogP contribution in [0.15, 0.2) is 141 Å². The summed E-state index contributed by atoms with van der Waals surface area (Å²) in [5.74, 6) is 11.0. The highest BCUT2D eigenvalue weighted by atomic mass is 19.1. The summed E-state index contributed by atoms with van der Waals surface area (Å²) >= 11 is 0. The number of nitrogens with zero attached hydrogens (tertiary/aromatic N) is 10. The Balaban J connectivity index is 0. The molecule has 0 bridgehead atoms. The van der Waals surface area contributed by atoms with Crippen LogP contribution in [0.2, 0.25) is 0 Å². The van der Waals surface area contributed by atoms with Crippen molar-refractivity contribution in [3.05, 3.63) is 191 Å². The number of halogens is 1. The van der Waals surface area contributed by atoms with E-state index in [1.807, 2.05) is 79.4 Å². The summed E-state index contributed by atoms with van der Waals surface area (Å²) in [6.45, 7) is 68.0. The van der Waals surface area contributed by atoms with E-state index in [2.05, 4.69) is 303 Å². The van der Waals surface area contributed by atoms with E-state index in [1.165, 1.54) is 27.8 Å². The minimum absolute atomic E-state index is 0. The van der Waals surface area contributed by atoms with Gasteiger partial charge in [0.15, 0.2) is 0 Å². The van der Waals surface area contributed by atoms with Crippen molar-refractivity contribution in [1.82, 2.24) is 44.9 Å². The maximum absolute atomic E-state index is 12.9. The van der Waals surface area contributed by atoms with Gasteiger partial charge >= 0.3 is 0 Å². The molecule has 17 heteroatoms. The maximum Gasteiger partial charge on any atom is 0.232 e. The van der Waals surface area contributed by atoms with Gasteiger partial charge in [0.25, 0.3) is 0 Å². The van der Waals surface area contributed by atoms with Crippen molar-refractivity contribution in [2.75, 3.05) is 60.8 Å². The zero-order chi connectivity index (χ0) is 80.2. The quantitative estimate of drug-likeness (QED) is 0.0491. The summed E-state index contributed by atoms with van der Waals surface area (Å²) < 4.78 is 28.9. The SMILES string of the molecule is C.C.CC(C)CNc1ccc(C(C)C)cn1.CC(C)COc1cncc(C(C)C)n1.CC(C)Nc1ccc(C(C)C)cn1.CC(C)Nc1cccc(C(C)C)n1.CC(C)c1cccc(C(C)F)c1.CC(C)c1cncc(OCC(C)(C)C)n1.CCN(CC)c1ccc(C(C)C)cn1.COc1ccc(C(C)C)cn1. The van der Waals surface area contributed by atoms with Crippen LogP contribution in [0, 0.1) is 17.3 Å². The molecule has 0 aliphatic rings. The molecule has 7 heterocycles. The van der Waals surface area contributed by atoms with Gasteiger partial charge in [0.2, 0.25) is 17.6 Å². The number of hydrogen-bond acceptors (Lipinski definition) is 16. The van der Waals surface area contributed by atoms with Gasteiger partial charge in [-0.1, -0.05) is 229 Å². The zero-order valence-electron chi connectivity index (χ0n) is 71.4. The van der Waals surface area contributed by atoms with Crippen molar-refractivity contribution in [1.29, 1.82) is 0 Å². The number of aromatic nitrogens is 9. The second kappa shape index (κ2) is 55.1. The Morgan fingerprint density at radius 3 is 1.19 bits per heavy atom. The monoisotopic (exact) mass is 1490 g/mol. The van der Waals surface area contributed by atoms with Crippen LogP contribution < -0.4 is 35.1 Å². The highest BCUT2D eigenvalue weighted by Crippen LogP contribution is 2.24. The Kier molecular flexibility index (Phi) is 51.9. The first-order valence-corrected chi connectivity index (χ1v) is 38.8. The maximum atomic E-state index is 12.9. The average molecular weight is 1490 g/mol. The van der Waals surface area contributed by atoms with Gasteiger partial charge in [0, 0.05) is 80.7 Å². The number of rotatable bonds is 25. The van der Waals surface area contributed by atoms with E-state index in [4.69, 9.17) is 14.2 Å². The zero-order valence-corrected chi connectivity index (χ0v) is 71.4. The van der Waals surface area contributed by atoms with E-state index in [0.717, 1.165) is 65.6 Å². The first-order chi connectivity index (χ1) is 49.8. The van der Waals surface area contributed by atoms with Crippen molar-refractivity contribution in [2.45, 2.75) is 288 Å². The van der Waals surface area contributed by atoms with Crippen LogP contribution >= 0.6 is 0 Å². The molecule has 7 aromatic heterocycles. The molecule has 1 atom stereocenters. The molecule has 8 rings (SSSR count). The Morgan fingerprint density at radius 1 is 0.398 bits per heavy atom. The Labute approximate surface area is 658 Å². The third kappa shape index (κ3) is 45.5. The van der Waals surface area contributed by atoms with E-state index in [1.54, 1.807) is 38.8 Å². The van der Waals surface area contributed by atoms with E-state index in [9.17, 15) is 4.39 Å². The number of methoxy groups -OCH3 is 1. The molecule has 0 radical (unpaired) electrons. The van der Waals surface area contributed by atoms with Gasteiger partial charge < -0.3 is 35.1 Å². The van der Waals surface area contributed by atoms with Crippen molar-refractivity contribution >= 4 is 23.3 Å². The molecule has 0 saturated carbocycles. The van der Waals surface area contributed by atoms with Gasteiger partial charge in [-0.3, -0.25) is 9.97 Å². The van der Waals surface area contributed by atoms with E-state index in [0.29, 0.717) is 102 Å². The van der Waals surface area contributed by atoms with Gasteiger partial charge in [0.1, 0.15) is 29.4 Å². The molecule has 108 heavy (non-hydrogen) atoms. The van der Waals surface area contributed by atoms with Crippen LogP contribution in [0.1, 0.15) is 327 Å². The summed E-state index contributed by atoms with van der Waals surface area (Å²) in [4.78, 5) is 41.0. The lowest BCUT2D eigenvalue weighted by molar-refractivity contribution is 0.190. The second-order valence-electron chi connectivity index (χ2n) is 31.7. The summed E-state index contributed by atoms with van der Waals surface area (Å²) in [5.41, 5.74) is 10.4. The Hall–Kier alpha value is -8.34. The van der Waals surface area contributed by atoms with Crippen molar-refractivity contribution < 1.29 is 18.6 Å². The lowest BCUT2D eigenvalue weighted by Crippen LogP contribution is -2.22. The molecule has 8 aromatic rings. The van der Waals surface area contributed by atoms with Crippen molar-refractivity contribution in [2.24, 2.45) is 17.3 Å². The third-order valence-corrected chi connectivity index (χ3v) is 15.7. The molecule has 16 nitrogen and oxygen atoms in total. The number of ether oxygens (including phenoxy) is 3. The minimum Gasteiger partial charge on any atom is -0.481 e. The molecule has 1 aromatic carbocycles. The van der Waals surface area contributed by atoms with E-state index < -0.39 is 6.17 Å². The Bertz CT molecular complexity index is 3490. The molecule has 0 amide bonds. The largest absolute Gasteiger partial charge is 0.481 e. The van der Waals surface area contributed by atoms with E-state index in [-0.39, 0.29) is 20.3 Å². The molecule has 1 unspecified atom stereocenters. The van der Waals surface area contributed by atoms with Crippen molar-refractivity contribution in [3.8, 4) is 17.6 Å². The van der Waals surface area contributed by atoms with Gasteiger partial charge in [-0.05, 0) is 177 Å². The predicted molar refractivity (Wildman–Crippen MR) is 464 cm³/mol. The van der Waals surface area contributed by atoms with Gasteiger partial charge in [0.05, 0.1) is 44.1 Å². The third-order valence-electron chi connectivity index (χ3n) is 15.7. The molecule has 0 spiro atoms. The molecule has 604 valence electrons. The van der Waals surface area contributed by atoms with Gasteiger partial charge in [-0.25, -0.2) is 39.3 Å². The lowest BCUT2D eigenvalue weighted by Gasteiger charge is -2.19. The molecule has 0 saturated heterocycles. The summed E-state index contributed by atoms with van der Waals surface area (Å²) in [5, 5.41) is 9.85. The molecular formula is C91H150FN13O3. The topological polar surface area (TPSA) is 183 Å². The van der Waals surface area contributed by atoms with Crippen LogP contribution in [0.3, 0.4) is 0 Å². The molecular weight excluding hydrogens is 1340 g/mol. The molecule has 0 aliphatic carbocycles. The number of benzene rings is 1. The number of anilines is 4. The van der Waals surface area contributed by atoms with Crippen LogP contribution in [0.4, 0.5) is 27.7 Å². The molecule has 3 N–H and O–H groups in total. The second-order valence-corrected chi connectivity index (χ2v) is 31.7. The normalized spacial score (nSPS) is 11.0. The number of hydrogen-bond donors (Lipinski definition) is 3. The van der Waals surface area contributed by atoms with E-state index >= 15 is 0 Å². The van der Waals surface area contributed by atoms with Crippen molar-refractivity contribution in [3.63, 3.8) is 0 Å². The summed E-state index contributed by atoms with van der Waals surface area (Å²) in [6, 6.07) is 31.3. The lowest BCUT2D eigenvalue weighted by atomic mass is 9.99. The summed E-state index contributed by atoms with van der Waals surface area (Å²) in [6.07, 6.45) is 13.8. The smallest absolute Gasteiger partial charge is 0.232 e. The molecule has 0 fully saturated rings. The predicted octanol–water partition coefficient (Wildman–Crippen LogP) is 25.4. The number of nitrogens with one attached hydrogen (secondary N) is 3. The van der Waals surface area contributed by atoms with Gasteiger partial charge in [-0.15, -0.1) is 0 Å². The molecule has 0 aliphatic heterocycles. The average Bonchev–Trinajstić information content (AvgIpc) is 0.918. The van der Waals surface area contributed by atoms with Crippen LogP contribution in [0.25, 0.3) is 0 Å². The minimum atomic E-state index is -0.858. The van der Waals surface area contributed by atoms with Crippen LogP contribution in [0.5, 0.6) is 17.6 Å². The number of pyridine rings is 5.